The average molecular weight is 379 g/mol. The number of halogens is 3. The second-order valence-corrected chi connectivity index (χ2v) is 6.80. The molecule has 1 aromatic carbocycles. The van der Waals surface area contributed by atoms with E-state index in [1.807, 2.05) is 11.0 Å². The van der Waals surface area contributed by atoms with E-state index in [2.05, 4.69) is 15.9 Å². The van der Waals surface area contributed by atoms with Crippen LogP contribution in [0, 0.1) is 0 Å². The van der Waals surface area contributed by atoms with Gasteiger partial charge in [0.25, 0.3) is 5.91 Å². The summed E-state index contributed by atoms with van der Waals surface area (Å²) in [6.07, 6.45) is 5.76. The summed E-state index contributed by atoms with van der Waals surface area (Å²) in [5.41, 5.74) is 0.553. The van der Waals surface area contributed by atoms with E-state index in [1.54, 1.807) is 12.1 Å². The molecule has 1 aliphatic carbocycles. The molecule has 2 rings (SSSR count). The maximum absolute atomic E-state index is 12.8. The molecule has 110 valence electrons. The molecule has 2 nitrogen and oxygen atoms in total. The van der Waals surface area contributed by atoms with Crippen molar-refractivity contribution < 1.29 is 4.79 Å². The van der Waals surface area contributed by atoms with E-state index in [0.717, 1.165) is 17.3 Å². The Kier molecular flexibility index (Phi) is 6.19. The standard InChI is InChI=1S/C15H18BrCl2NO/c16-11-6-7-14(18)13(10-11)15(20)19(9-8-17)12-4-2-1-3-5-12/h6-7,10,12H,1-5,8-9H2. The first kappa shape index (κ1) is 16.1. The van der Waals surface area contributed by atoms with Gasteiger partial charge in [0.05, 0.1) is 10.6 Å². The van der Waals surface area contributed by atoms with Crippen molar-refractivity contribution >= 4 is 45.0 Å². The summed E-state index contributed by atoms with van der Waals surface area (Å²) in [6, 6.07) is 5.67. The van der Waals surface area contributed by atoms with Gasteiger partial charge in [-0.3, -0.25) is 4.79 Å². The summed E-state index contributed by atoms with van der Waals surface area (Å²) in [6.45, 7) is 0.577. The molecule has 0 spiro atoms. The maximum Gasteiger partial charge on any atom is 0.255 e. The zero-order valence-electron chi connectivity index (χ0n) is 11.2. The lowest BCUT2D eigenvalue weighted by Gasteiger charge is -2.34. The van der Waals surface area contributed by atoms with Crippen LogP contribution in [0.15, 0.2) is 22.7 Å². The first-order valence-electron chi connectivity index (χ1n) is 6.95. The highest BCUT2D eigenvalue weighted by Crippen LogP contribution is 2.27. The number of nitrogens with zero attached hydrogens (tertiary/aromatic N) is 1. The predicted molar refractivity (Wildman–Crippen MR) is 87.8 cm³/mol. The van der Waals surface area contributed by atoms with E-state index < -0.39 is 0 Å². The molecule has 0 unspecified atom stereocenters. The fraction of sp³-hybridized carbons (Fsp3) is 0.533. The van der Waals surface area contributed by atoms with E-state index in [0.29, 0.717) is 29.1 Å². The van der Waals surface area contributed by atoms with Crippen LogP contribution in [0.4, 0.5) is 0 Å². The fourth-order valence-electron chi connectivity index (χ4n) is 2.75. The summed E-state index contributed by atoms with van der Waals surface area (Å²) in [5, 5.41) is 0.494. The van der Waals surface area contributed by atoms with Gasteiger partial charge in [0.15, 0.2) is 0 Å². The summed E-state index contributed by atoms with van der Waals surface area (Å²) < 4.78 is 0.861. The van der Waals surface area contributed by atoms with Crippen LogP contribution >= 0.6 is 39.1 Å². The second-order valence-electron chi connectivity index (χ2n) is 5.10. The zero-order valence-corrected chi connectivity index (χ0v) is 14.3. The minimum absolute atomic E-state index is 0.0103. The number of hydrogen-bond donors (Lipinski definition) is 0. The van der Waals surface area contributed by atoms with Crippen molar-refractivity contribution in [3.05, 3.63) is 33.3 Å². The first-order valence-corrected chi connectivity index (χ1v) is 8.66. The molecule has 1 aromatic rings. The molecular formula is C15H18BrCl2NO. The normalized spacial score (nSPS) is 16.1. The van der Waals surface area contributed by atoms with Gasteiger partial charge in [0.2, 0.25) is 0 Å². The molecule has 1 aliphatic rings. The molecular weight excluding hydrogens is 361 g/mol. The van der Waals surface area contributed by atoms with Crippen molar-refractivity contribution in [3.63, 3.8) is 0 Å². The van der Waals surface area contributed by atoms with Crippen LogP contribution in [0.1, 0.15) is 42.5 Å². The molecule has 0 N–H and O–H groups in total. The third kappa shape index (κ3) is 3.90. The van der Waals surface area contributed by atoms with Gasteiger partial charge in [0.1, 0.15) is 0 Å². The Labute approximate surface area is 138 Å². The highest BCUT2D eigenvalue weighted by atomic mass is 79.9. The van der Waals surface area contributed by atoms with E-state index in [4.69, 9.17) is 23.2 Å². The highest BCUT2D eigenvalue weighted by molar-refractivity contribution is 9.10. The lowest BCUT2D eigenvalue weighted by molar-refractivity contribution is 0.0650. The number of carbonyl (C=O) groups is 1. The number of hydrogen-bond acceptors (Lipinski definition) is 1. The smallest absolute Gasteiger partial charge is 0.255 e. The van der Waals surface area contributed by atoms with Gasteiger partial charge >= 0.3 is 0 Å². The SMILES string of the molecule is O=C(c1cc(Br)ccc1Cl)N(CCCl)C1CCCCC1. The van der Waals surface area contributed by atoms with Crippen molar-refractivity contribution in [2.24, 2.45) is 0 Å². The van der Waals surface area contributed by atoms with Crippen molar-refractivity contribution in [2.45, 2.75) is 38.1 Å². The van der Waals surface area contributed by atoms with Crippen LogP contribution in [0.5, 0.6) is 0 Å². The number of carbonyl (C=O) groups excluding carboxylic acids is 1. The number of rotatable bonds is 4. The van der Waals surface area contributed by atoms with Gasteiger partial charge in [-0.2, -0.15) is 0 Å². The molecule has 1 saturated carbocycles. The van der Waals surface area contributed by atoms with Crippen molar-refractivity contribution in [2.75, 3.05) is 12.4 Å². The molecule has 20 heavy (non-hydrogen) atoms. The van der Waals surface area contributed by atoms with Gasteiger partial charge in [-0.25, -0.2) is 0 Å². The molecule has 0 radical (unpaired) electrons. The molecule has 5 heteroatoms. The molecule has 0 saturated heterocycles. The fourth-order valence-corrected chi connectivity index (χ4v) is 3.49. The minimum Gasteiger partial charge on any atom is -0.334 e. The molecule has 0 aliphatic heterocycles. The Morgan fingerprint density at radius 1 is 1.30 bits per heavy atom. The van der Waals surface area contributed by atoms with E-state index >= 15 is 0 Å². The van der Waals surface area contributed by atoms with Crippen LogP contribution in [0.25, 0.3) is 0 Å². The predicted octanol–water partition coefficient (Wildman–Crippen LogP) is 5.12. The first-order chi connectivity index (χ1) is 9.63. The third-order valence-corrected chi connectivity index (χ3v) is 4.75. The largest absolute Gasteiger partial charge is 0.334 e. The molecule has 1 fully saturated rings. The van der Waals surface area contributed by atoms with Gasteiger partial charge < -0.3 is 4.90 Å². The highest BCUT2D eigenvalue weighted by Gasteiger charge is 2.27. The average Bonchev–Trinajstić information content (AvgIpc) is 2.47. The molecule has 0 heterocycles. The lowest BCUT2D eigenvalue weighted by Crippen LogP contribution is -2.42. The Morgan fingerprint density at radius 3 is 2.65 bits per heavy atom. The molecule has 0 atom stereocenters. The molecule has 1 amide bonds. The van der Waals surface area contributed by atoms with Gasteiger partial charge in [0, 0.05) is 22.9 Å². The van der Waals surface area contributed by atoms with Crippen molar-refractivity contribution in [3.8, 4) is 0 Å². The molecule has 0 bridgehead atoms. The zero-order chi connectivity index (χ0) is 14.5. The Morgan fingerprint density at radius 2 is 2.00 bits per heavy atom. The monoisotopic (exact) mass is 377 g/mol. The third-order valence-electron chi connectivity index (χ3n) is 3.76. The summed E-state index contributed by atoms with van der Waals surface area (Å²) in [7, 11) is 0. The summed E-state index contributed by atoms with van der Waals surface area (Å²) in [5.74, 6) is 0.442. The van der Waals surface area contributed by atoms with E-state index in [-0.39, 0.29) is 5.91 Å². The van der Waals surface area contributed by atoms with Gasteiger partial charge in [-0.05, 0) is 31.0 Å². The topological polar surface area (TPSA) is 20.3 Å². The van der Waals surface area contributed by atoms with Crippen LogP contribution < -0.4 is 0 Å². The summed E-state index contributed by atoms with van der Waals surface area (Å²) >= 11 is 15.4. The minimum atomic E-state index is -0.0103. The maximum atomic E-state index is 12.8. The lowest BCUT2D eigenvalue weighted by atomic mass is 9.93. The Bertz CT molecular complexity index is 475. The van der Waals surface area contributed by atoms with Gasteiger partial charge in [-0.1, -0.05) is 46.8 Å². The quantitative estimate of drug-likeness (QED) is 0.666. The van der Waals surface area contributed by atoms with Crippen LogP contribution in [-0.4, -0.2) is 29.3 Å². The van der Waals surface area contributed by atoms with E-state index in [1.165, 1.54) is 19.3 Å². The summed E-state index contributed by atoms with van der Waals surface area (Å²) in [4.78, 5) is 14.7. The van der Waals surface area contributed by atoms with E-state index in [9.17, 15) is 4.79 Å². The Hall–Kier alpha value is -0.250. The van der Waals surface area contributed by atoms with Crippen LogP contribution in [0.2, 0.25) is 5.02 Å². The van der Waals surface area contributed by atoms with Crippen LogP contribution in [-0.2, 0) is 0 Å². The number of amides is 1. The molecule has 0 aromatic heterocycles. The van der Waals surface area contributed by atoms with Gasteiger partial charge in [-0.15, -0.1) is 11.6 Å². The Balaban J connectivity index is 2.23. The number of alkyl halides is 1. The van der Waals surface area contributed by atoms with Crippen molar-refractivity contribution in [1.82, 2.24) is 4.90 Å². The van der Waals surface area contributed by atoms with Crippen molar-refractivity contribution in [1.29, 1.82) is 0 Å². The second kappa shape index (κ2) is 7.67. The number of benzene rings is 1. The van der Waals surface area contributed by atoms with Crippen LogP contribution in [0.3, 0.4) is 0 Å².